The number of carbonyl (C=O) groups is 2. The Morgan fingerprint density at radius 2 is 2.09 bits per heavy atom. The average Bonchev–Trinajstić information content (AvgIpc) is 2.39. The van der Waals surface area contributed by atoms with Gasteiger partial charge < -0.3 is 25.4 Å². The average molecular weight is 329 g/mol. The molecule has 2 amide bonds. The fourth-order valence-corrected chi connectivity index (χ4v) is 2.97. The lowest BCUT2D eigenvalue weighted by Gasteiger charge is -2.45. The van der Waals surface area contributed by atoms with E-state index in [1.165, 1.54) is 7.11 Å². The molecule has 7 heteroatoms. The molecule has 1 aliphatic rings. The number of methoxy groups -OCH3 is 1. The molecule has 7 nitrogen and oxygen atoms in total. The molecule has 0 aromatic carbocycles. The SMILES string of the molecule is COC(=O)CCCNC(=O)N1CC(CC(C)(C)O)NC(C)(C)C1. The molecule has 0 saturated carbocycles. The number of rotatable bonds is 6. The monoisotopic (exact) mass is 329 g/mol. The van der Waals surface area contributed by atoms with Crippen LogP contribution in [0.3, 0.4) is 0 Å². The first kappa shape index (κ1) is 19.7. The lowest BCUT2D eigenvalue weighted by molar-refractivity contribution is -0.140. The summed E-state index contributed by atoms with van der Waals surface area (Å²) < 4.78 is 4.57. The Balaban J connectivity index is 2.49. The lowest BCUT2D eigenvalue weighted by Crippen LogP contribution is -2.65. The van der Waals surface area contributed by atoms with Gasteiger partial charge in [-0.3, -0.25) is 4.79 Å². The standard InChI is InChI=1S/C16H31N3O4/c1-15(2)11-19(10-12(18-15)9-16(3,4)22)14(21)17-8-6-7-13(20)23-5/h12,18,22H,6-11H2,1-5H3,(H,17,21). The minimum absolute atomic E-state index is 0.0413. The molecule has 0 bridgehead atoms. The van der Waals surface area contributed by atoms with Gasteiger partial charge in [0, 0.05) is 37.6 Å². The third-order valence-corrected chi connectivity index (χ3v) is 3.72. The molecule has 0 spiro atoms. The smallest absolute Gasteiger partial charge is 0.317 e. The van der Waals surface area contributed by atoms with Crippen LogP contribution in [0.25, 0.3) is 0 Å². The number of urea groups is 1. The van der Waals surface area contributed by atoms with Crippen molar-refractivity contribution < 1.29 is 19.4 Å². The van der Waals surface area contributed by atoms with Gasteiger partial charge in [0.2, 0.25) is 0 Å². The maximum Gasteiger partial charge on any atom is 0.317 e. The van der Waals surface area contributed by atoms with Gasteiger partial charge in [0.05, 0.1) is 12.7 Å². The Morgan fingerprint density at radius 3 is 2.65 bits per heavy atom. The van der Waals surface area contributed by atoms with E-state index in [0.29, 0.717) is 38.9 Å². The summed E-state index contributed by atoms with van der Waals surface area (Å²) in [7, 11) is 1.35. The number of amides is 2. The van der Waals surface area contributed by atoms with E-state index in [9.17, 15) is 14.7 Å². The maximum absolute atomic E-state index is 12.3. The predicted molar refractivity (Wildman–Crippen MR) is 88.1 cm³/mol. The first-order valence-corrected chi connectivity index (χ1v) is 8.12. The molecule has 3 N–H and O–H groups in total. The van der Waals surface area contributed by atoms with Gasteiger partial charge in [-0.25, -0.2) is 4.79 Å². The summed E-state index contributed by atoms with van der Waals surface area (Å²) in [5.74, 6) is -0.271. The lowest BCUT2D eigenvalue weighted by atomic mass is 9.92. The molecular formula is C16H31N3O4. The quantitative estimate of drug-likeness (QED) is 0.497. The molecule has 0 aromatic heterocycles. The number of hydrogen-bond acceptors (Lipinski definition) is 5. The van der Waals surface area contributed by atoms with Crippen molar-refractivity contribution in [1.82, 2.24) is 15.5 Å². The van der Waals surface area contributed by atoms with Gasteiger partial charge in [-0.15, -0.1) is 0 Å². The van der Waals surface area contributed by atoms with Crippen molar-refractivity contribution in [2.24, 2.45) is 0 Å². The molecule has 1 saturated heterocycles. The van der Waals surface area contributed by atoms with Crippen molar-refractivity contribution in [3.05, 3.63) is 0 Å². The molecule has 23 heavy (non-hydrogen) atoms. The van der Waals surface area contributed by atoms with Crippen molar-refractivity contribution >= 4 is 12.0 Å². The Hall–Kier alpha value is -1.34. The number of aliphatic hydroxyl groups is 1. The van der Waals surface area contributed by atoms with Crippen molar-refractivity contribution in [2.75, 3.05) is 26.7 Å². The Labute approximate surface area is 138 Å². The zero-order chi connectivity index (χ0) is 17.7. The Kier molecular flexibility index (Phi) is 6.83. The minimum atomic E-state index is -0.784. The van der Waals surface area contributed by atoms with Crippen molar-refractivity contribution in [3.63, 3.8) is 0 Å². The highest BCUT2D eigenvalue weighted by Gasteiger charge is 2.36. The molecule has 134 valence electrons. The van der Waals surface area contributed by atoms with Gasteiger partial charge >= 0.3 is 12.0 Å². The second kappa shape index (κ2) is 7.97. The fourth-order valence-electron chi connectivity index (χ4n) is 2.97. The number of carbonyl (C=O) groups excluding carboxylic acids is 2. The maximum atomic E-state index is 12.3. The van der Waals surface area contributed by atoms with E-state index in [1.54, 1.807) is 18.7 Å². The molecule has 1 unspecified atom stereocenters. The van der Waals surface area contributed by atoms with Crippen molar-refractivity contribution in [2.45, 2.75) is 64.1 Å². The normalized spacial score (nSPS) is 21.0. The van der Waals surface area contributed by atoms with Crippen molar-refractivity contribution in [3.8, 4) is 0 Å². The van der Waals surface area contributed by atoms with Crippen LogP contribution in [0.5, 0.6) is 0 Å². The van der Waals surface area contributed by atoms with E-state index >= 15 is 0 Å². The van der Waals surface area contributed by atoms with E-state index in [2.05, 4.69) is 15.4 Å². The molecule has 1 fully saturated rings. The molecule has 1 aliphatic heterocycles. The summed E-state index contributed by atoms with van der Waals surface area (Å²) in [6.45, 7) is 9.21. The Bertz CT molecular complexity index is 416. The fraction of sp³-hybridized carbons (Fsp3) is 0.875. The highest BCUT2D eigenvalue weighted by molar-refractivity contribution is 5.74. The molecular weight excluding hydrogens is 298 g/mol. The summed E-state index contributed by atoms with van der Waals surface area (Å²) in [4.78, 5) is 25.1. The van der Waals surface area contributed by atoms with E-state index in [1.807, 2.05) is 13.8 Å². The minimum Gasteiger partial charge on any atom is -0.469 e. The van der Waals surface area contributed by atoms with Gasteiger partial charge in [-0.05, 0) is 40.5 Å². The summed E-state index contributed by atoms with van der Waals surface area (Å²) in [5, 5.41) is 16.3. The van der Waals surface area contributed by atoms with Crippen LogP contribution in [0.1, 0.15) is 47.0 Å². The van der Waals surface area contributed by atoms with E-state index < -0.39 is 5.60 Å². The zero-order valence-corrected chi connectivity index (χ0v) is 14.9. The topological polar surface area (TPSA) is 90.9 Å². The highest BCUT2D eigenvalue weighted by atomic mass is 16.5. The first-order chi connectivity index (χ1) is 10.5. The van der Waals surface area contributed by atoms with E-state index in [4.69, 9.17) is 0 Å². The molecule has 1 heterocycles. The number of nitrogens with zero attached hydrogens (tertiary/aromatic N) is 1. The summed E-state index contributed by atoms with van der Waals surface area (Å²) in [5.41, 5.74) is -0.995. The van der Waals surface area contributed by atoms with Crippen LogP contribution in [0, 0.1) is 0 Å². The van der Waals surface area contributed by atoms with Gasteiger partial charge in [-0.2, -0.15) is 0 Å². The van der Waals surface area contributed by atoms with Gasteiger partial charge in [-0.1, -0.05) is 0 Å². The number of esters is 1. The molecule has 1 rings (SSSR count). The van der Waals surface area contributed by atoms with E-state index in [0.717, 1.165) is 0 Å². The van der Waals surface area contributed by atoms with Crippen LogP contribution < -0.4 is 10.6 Å². The number of ether oxygens (including phenoxy) is 1. The predicted octanol–water partition coefficient (Wildman–Crippen LogP) is 0.863. The first-order valence-electron chi connectivity index (χ1n) is 8.12. The van der Waals surface area contributed by atoms with Crippen LogP contribution >= 0.6 is 0 Å². The third kappa shape index (κ3) is 7.65. The largest absolute Gasteiger partial charge is 0.469 e. The van der Waals surface area contributed by atoms with Crippen LogP contribution in [-0.2, 0) is 9.53 Å². The van der Waals surface area contributed by atoms with Gasteiger partial charge in [0.1, 0.15) is 0 Å². The number of nitrogens with one attached hydrogen (secondary N) is 2. The summed E-state index contributed by atoms with van der Waals surface area (Å²) in [6, 6.07) is -0.0928. The molecule has 0 radical (unpaired) electrons. The second-order valence-electron chi connectivity index (χ2n) is 7.53. The zero-order valence-electron chi connectivity index (χ0n) is 14.9. The second-order valence-corrected chi connectivity index (χ2v) is 7.53. The third-order valence-electron chi connectivity index (χ3n) is 3.72. The van der Waals surface area contributed by atoms with Crippen LogP contribution in [0.2, 0.25) is 0 Å². The van der Waals surface area contributed by atoms with Crippen LogP contribution in [-0.4, -0.2) is 65.9 Å². The van der Waals surface area contributed by atoms with Crippen molar-refractivity contribution in [1.29, 1.82) is 0 Å². The summed E-state index contributed by atoms with van der Waals surface area (Å²) >= 11 is 0. The van der Waals surface area contributed by atoms with Gasteiger partial charge in [0.15, 0.2) is 0 Å². The van der Waals surface area contributed by atoms with E-state index in [-0.39, 0.29) is 23.6 Å². The molecule has 1 atom stereocenters. The highest BCUT2D eigenvalue weighted by Crippen LogP contribution is 2.20. The molecule has 0 aliphatic carbocycles. The van der Waals surface area contributed by atoms with Gasteiger partial charge in [0.25, 0.3) is 0 Å². The van der Waals surface area contributed by atoms with Crippen LogP contribution in [0.15, 0.2) is 0 Å². The number of piperazine rings is 1. The molecule has 0 aromatic rings. The number of hydrogen-bond donors (Lipinski definition) is 3. The Morgan fingerprint density at radius 1 is 1.43 bits per heavy atom. The van der Waals surface area contributed by atoms with Crippen LogP contribution in [0.4, 0.5) is 4.79 Å². The summed E-state index contributed by atoms with van der Waals surface area (Å²) in [6.07, 6.45) is 1.43.